The lowest BCUT2D eigenvalue weighted by atomic mass is 10.2. The number of hydrogen-bond donors (Lipinski definition) is 2. The van der Waals surface area contributed by atoms with Crippen molar-refractivity contribution in [1.82, 2.24) is 15.1 Å². The van der Waals surface area contributed by atoms with Crippen molar-refractivity contribution in [2.45, 2.75) is 26.5 Å². The highest BCUT2D eigenvalue weighted by molar-refractivity contribution is 5.85. The Morgan fingerprint density at radius 2 is 2.17 bits per heavy atom. The molecule has 0 radical (unpaired) electrons. The highest BCUT2D eigenvalue weighted by Crippen LogP contribution is 2.11. The summed E-state index contributed by atoms with van der Waals surface area (Å²) in [7, 11) is 0. The quantitative estimate of drug-likeness (QED) is 0.809. The molecule has 2 rings (SSSR count). The molecule has 0 aliphatic heterocycles. The first kappa shape index (κ1) is 16.7. The van der Waals surface area contributed by atoms with Crippen molar-refractivity contribution in [3.63, 3.8) is 0 Å². The van der Waals surface area contributed by atoms with Gasteiger partial charge in [0.15, 0.2) is 5.69 Å². The van der Waals surface area contributed by atoms with Crippen molar-refractivity contribution in [2.24, 2.45) is 0 Å². The summed E-state index contributed by atoms with van der Waals surface area (Å²) >= 11 is 0. The number of amides is 1. The second kappa shape index (κ2) is 7.55. The van der Waals surface area contributed by atoms with Crippen molar-refractivity contribution in [3.8, 4) is 5.69 Å². The van der Waals surface area contributed by atoms with E-state index in [0.717, 1.165) is 11.3 Å². The number of aromatic carboxylic acids is 1. The maximum absolute atomic E-state index is 11.8. The second-order valence-electron chi connectivity index (χ2n) is 4.94. The smallest absolute Gasteiger partial charge is 0.356 e. The lowest BCUT2D eigenvalue weighted by molar-refractivity contribution is -0.131. The SMILES string of the molecule is CCOC(C)C(=O)NCc1cccc(-n2ccc(C(=O)O)n2)c1. The summed E-state index contributed by atoms with van der Waals surface area (Å²) in [4.78, 5) is 22.7. The predicted molar refractivity (Wildman–Crippen MR) is 83.5 cm³/mol. The number of carbonyl (C=O) groups excluding carboxylic acids is 1. The lowest BCUT2D eigenvalue weighted by Crippen LogP contribution is -2.34. The second-order valence-corrected chi connectivity index (χ2v) is 4.94. The Hall–Kier alpha value is -2.67. The van der Waals surface area contributed by atoms with Crippen LogP contribution in [0.4, 0.5) is 0 Å². The van der Waals surface area contributed by atoms with Crippen LogP contribution in [0.15, 0.2) is 36.5 Å². The van der Waals surface area contributed by atoms with Gasteiger partial charge >= 0.3 is 5.97 Å². The van der Waals surface area contributed by atoms with Gasteiger partial charge in [-0.15, -0.1) is 0 Å². The maximum Gasteiger partial charge on any atom is 0.356 e. The molecular weight excluding hydrogens is 298 g/mol. The van der Waals surface area contributed by atoms with E-state index in [4.69, 9.17) is 9.84 Å². The van der Waals surface area contributed by atoms with E-state index < -0.39 is 12.1 Å². The molecule has 7 nitrogen and oxygen atoms in total. The molecule has 0 aliphatic rings. The fourth-order valence-electron chi connectivity index (χ4n) is 2.05. The fourth-order valence-corrected chi connectivity index (χ4v) is 2.05. The molecule has 0 aliphatic carbocycles. The van der Waals surface area contributed by atoms with E-state index >= 15 is 0 Å². The van der Waals surface area contributed by atoms with E-state index in [0.29, 0.717) is 13.2 Å². The molecule has 1 heterocycles. The molecule has 1 aromatic carbocycles. The van der Waals surface area contributed by atoms with Crippen LogP contribution in [0.1, 0.15) is 29.9 Å². The topological polar surface area (TPSA) is 93.5 Å². The summed E-state index contributed by atoms with van der Waals surface area (Å²) in [6.07, 6.45) is 1.09. The molecule has 0 saturated heterocycles. The molecule has 1 aromatic heterocycles. The molecule has 0 saturated carbocycles. The number of carbonyl (C=O) groups is 2. The Labute approximate surface area is 133 Å². The number of hydrogen-bond acceptors (Lipinski definition) is 4. The van der Waals surface area contributed by atoms with Gasteiger partial charge in [-0.25, -0.2) is 9.48 Å². The molecule has 1 amide bonds. The minimum absolute atomic E-state index is 0.0192. The number of nitrogens with one attached hydrogen (secondary N) is 1. The van der Waals surface area contributed by atoms with E-state index in [1.54, 1.807) is 13.1 Å². The van der Waals surface area contributed by atoms with Crippen molar-refractivity contribution in [1.29, 1.82) is 0 Å². The first-order valence-corrected chi connectivity index (χ1v) is 7.29. The van der Waals surface area contributed by atoms with Crippen LogP contribution in [0.5, 0.6) is 0 Å². The average Bonchev–Trinajstić information content (AvgIpc) is 3.03. The molecular formula is C16H19N3O4. The summed E-state index contributed by atoms with van der Waals surface area (Å²) in [5.74, 6) is -1.25. The van der Waals surface area contributed by atoms with Crippen LogP contribution in [0.2, 0.25) is 0 Å². The van der Waals surface area contributed by atoms with E-state index in [2.05, 4.69) is 10.4 Å². The number of benzene rings is 1. The van der Waals surface area contributed by atoms with Crippen LogP contribution in [-0.4, -0.2) is 39.5 Å². The van der Waals surface area contributed by atoms with Gasteiger partial charge in [-0.2, -0.15) is 5.10 Å². The molecule has 2 N–H and O–H groups in total. The molecule has 0 fully saturated rings. The van der Waals surface area contributed by atoms with Crippen molar-refractivity contribution in [2.75, 3.05) is 6.61 Å². The largest absolute Gasteiger partial charge is 0.476 e. The summed E-state index contributed by atoms with van der Waals surface area (Å²) < 4.78 is 6.71. The molecule has 2 aromatic rings. The Morgan fingerprint density at radius 3 is 2.83 bits per heavy atom. The Balaban J connectivity index is 2.04. The van der Waals surface area contributed by atoms with Gasteiger partial charge in [-0.05, 0) is 37.6 Å². The Morgan fingerprint density at radius 1 is 1.39 bits per heavy atom. The number of carboxylic acid groups (broad SMARTS) is 1. The summed E-state index contributed by atoms with van der Waals surface area (Å²) in [5.41, 5.74) is 1.59. The number of nitrogens with zero attached hydrogens (tertiary/aromatic N) is 2. The highest BCUT2D eigenvalue weighted by atomic mass is 16.5. The van der Waals surface area contributed by atoms with Crippen LogP contribution in [0.25, 0.3) is 5.69 Å². The molecule has 1 atom stereocenters. The molecule has 7 heteroatoms. The minimum atomic E-state index is -1.07. The minimum Gasteiger partial charge on any atom is -0.476 e. The monoisotopic (exact) mass is 317 g/mol. The zero-order chi connectivity index (χ0) is 16.8. The third kappa shape index (κ3) is 4.40. The summed E-state index contributed by atoms with van der Waals surface area (Å²) in [6, 6.07) is 8.78. The van der Waals surface area contributed by atoms with Crippen LogP contribution in [-0.2, 0) is 16.1 Å². The fraction of sp³-hybridized carbons (Fsp3) is 0.312. The average molecular weight is 317 g/mol. The van der Waals surface area contributed by atoms with E-state index in [9.17, 15) is 9.59 Å². The van der Waals surface area contributed by atoms with Crippen LogP contribution >= 0.6 is 0 Å². The molecule has 122 valence electrons. The number of aromatic nitrogens is 2. The Kier molecular flexibility index (Phi) is 5.48. The van der Waals surface area contributed by atoms with Crippen molar-refractivity contribution in [3.05, 3.63) is 47.8 Å². The molecule has 0 bridgehead atoms. The van der Waals surface area contributed by atoms with Gasteiger partial charge in [-0.1, -0.05) is 12.1 Å². The third-order valence-electron chi connectivity index (χ3n) is 3.24. The van der Waals surface area contributed by atoms with Gasteiger partial charge in [0.05, 0.1) is 5.69 Å². The molecule has 23 heavy (non-hydrogen) atoms. The third-order valence-corrected chi connectivity index (χ3v) is 3.24. The lowest BCUT2D eigenvalue weighted by Gasteiger charge is -2.12. The van der Waals surface area contributed by atoms with Gasteiger partial charge in [0.2, 0.25) is 5.91 Å². The normalized spacial score (nSPS) is 11.9. The first-order valence-electron chi connectivity index (χ1n) is 7.29. The summed E-state index contributed by atoms with van der Waals surface area (Å²) in [5, 5.41) is 15.7. The molecule has 0 spiro atoms. The van der Waals surface area contributed by atoms with Crippen LogP contribution < -0.4 is 5.32 Å². The van der Waals surface area contributed by atoms with E-state index in [-0.39, 0.29) is 11.6 Å². The van der Waals surface area contributed by atoms with Gasteiger partial charge < -0.3 is 15.2 Å². The number of carboxylic acids is 1. The molecule has 1 unspecified atom stereocenters. The first-order chi connectivity index (χ1) is 11.0. The zero-order valence-electron chi connectivity index (χ0n) is 13.0. The van der Waals surface area contributed by atoms with E-state index in [1.165, 1.54) is 10.7 Å². The maximum atomic E-state index is 11.8. The van der Waals surface area contributed by atoms with Crippen molar-refractivity contribution >= 4 is 11.9 Å². The van der Waals surface area contributed by atoms with Gasteiger partial charge in [-0.3, -0.25) is 4.79 Å². The number of rotatable bonds is 7. The van der Waals surface area contributed by atoms with E-state index in [1.807, 2.05) is 31.2 Å². The predicted octanol–water partition coefficient (Wildman–Crippen LogP) is 1.61. The highest BCUT2D eigenvalue weighted by Gasteiger charge is 2.12. The van der Waals surface area contributed by atoms with Gasteiger partial charge in [0.1, 0.15) is 6.10 Å². The number of ether oxygens (including phenoxy) is 1. The van der Waals surface area contributed by atoms with Crippen LogP contribution in [0.3, 0.4) is 0 Å². The Bertz CT molecular complexity index is 696. The summed E-state index contributed by atoms with van der Waals surface area (Å²) in [6.45, 7) is 4.38. The zero-order valence-corrected chi connectivity index (χ0v) is 13.0. The standard InChI is InChI=1S/C16H19N3O4/c1-3-23-11(2)15(20)17-10-12-5-4-6-13(9-12)19-8-7-14(18-19)16(21)22/h4-9,11H,3,10H2,1-2H3,(H,17,20)(H,21,22). The van der Waals surface area contributed by atoms with Crippen molar-refractivity contribution < 1.29 is 19.4 Å². The van der Waals surface area contributed by atoms with Gasteiger partial charge in [0, 0.05) is 19.3 Å². The van der Waals surface area contributed by atoms with Crippen LogP contribution in [0, 0.1) is 0 Å². The van der Waals surface area contributed by atoms with Gasteiger partial charge in [0.25, 0.3) is 0 Å².